The second-order valence-corrected chi connectivity index (χ2v) is 2.44. The van der Waals surface area contributed by atoms with Crippen molar-refractivity contribution in [1.82, 2.24) is 0 Å². The van der Waals surface area contributed by atoms with Crippen LogP contribution in [0.5, 0.6) is 0 Å². The van der Waals surface area contributed by atoms with E-state index in [1.165, 1.54) is 0 Å². The molecule has 0 saturated carbocycles. The van der Waals surface area contributed by atoms with Crippen molar-refractivity contribution in [3.63, 3.8) is 0 Å². The highest BCUT2D eigenvalue weighted by Crippen LogP contribution is 1.94. The van der Waals surface area contributed by atoms with Gasteiger partial charge in [-0.2, -0.15) is 0 Å². The monoisotopic (exact) mass is 198 g/mol. The normalized spacial score (nSPS) is 7.93. The molecule has 3 nitrogen and oxygen atoms in total. The number of benzene rings is 1. The van der Waals surface area contributed by atoms with E-state index in [0.717, 1.165) is 0 Å². The average Bonchev–Trinajstić information content (AvgIpc) is 2.27. The average molecular weight is 198 g/mol. The predicted octanol–water partition coefficient (Wildman–Crippen LogP) is 0.741. The maximum absolute atomic E-state index is 10.9. The van der Waals surface area contributed by atoms with Gasteiger partial charge in [-0.25, -0.2) is 9.59 Å². The lowest BCUT2D eigenvalue weighted by molar-refractivity contribution is -0.151. The smallest absolute Gasteiger partial charge is 0.373 e. The van der Waals surface area contributed by atoms with Crippen LogP contribution in [0.3, 0.4) is 0 Å². The second kappa shape index (κ2) is 5.26. The Morgan fingerprint density at radius 3 is 2.40 bits per heavy atom. The van der Waals surface area contributed by atoms with Gasteiger partial charge in [0.25, 0.3) is 0 Å². The van der Waals surface area contributed by atoms with Crippen molar-refractivity contribution in [3.05, 3.63) is 35.9 Å². The molecule has 0 N–H and O–H groups in total. The van der Waals surface area contributed by atoms with Crippen LogP contribution in [0.15, 0.2) is 30.3 Å². The molecule has 0 heterocycles. The van der Waals surface area contributed by atoms with Crippen molar-refractivity contribution in [2.75, 3.05) is 0 Å². The quantitative estimate of drug-likeness (QED) is 0.267. The summed E-state index contributed by atoms with van der Waals surface area (Å²) in [5, 5.41) is 0. The Hall–Kier alpha value is -2.52. The van der Waals surface area contributed by atoms with E-state index in [0.29, 0.717) is 5.56 Å². The third-order valence-corrected chi connectivity index (χ3v) is 1.39. The number of esters is 2. The molecule has 3 heteroatoms. The van der Waals surface area contributed by atoms with Crippen LogP contribution < -0.4 is 0 Å². The molecule has 1 aromatic rings. The molecular weight excluding hydrogens is 192 g/mol. The molecule has 0 spiro atoms. The SMILES string of the molecule is C#CC(=O)OC(=O)C#Cc1ccccc1. The topological polar surface area (TPSA) is 43.4 Å². The molecule has 0 atom stereocenters. The largest absolute Gasteiger partial charge is 0.393 e. The lowest BCUT2D eigenvalue weighted by atomic mass is 10.2. The van der Waals surface area contributed by atoms with E-state index in [1.54, 1.807) is 30.2 Å². The Bertz CT molecular complexity index is 469. The molecule has 0 amide bonds. The van der Waals surface area contributed by atoms with Crippen LogP contribution >= 0.6 is 0 Å². The molecule has 0 radical (unpaired) electrons. The molecule has 0 aliphatic carbocycles. The van der Waals surface area contributed by atoms with Crippen molar-refractivity contribution in [3.8, 4) is 24.2 Å². The van der Waals surface area contributed by atoms with Crippen molar-refractivity contribution >= 4 is 11.9 Å². The number of terminal acetylenes is 1. The summed E-state index contributed by atoms with van der Waals surface area (Å²) in [5.41, 5.74) is 0.655. The zero-order valence-corrected chi connectivity index (χ0v) is 7.69. The van der Waals surface area contributed by atoms with Crippen LogP contribution in [0.25, 0.3) is 0 Å². The molecular formula is C12H6O3. The van der Waals surface area contributed by atoms with E-state index >= 15 is 0 Å². The highest BCUT2D eigenvalue weighted by molar-refractivity contribution is 6.02. The summed E-state index contributed by atoms with van der Waals surface area (Å²) in [6, 6.07) is 8.84. The van der Waals surface area contributed by atoms with E-state index in [4.69, 9.17) is 6.42 Å². The summed E-state index contributed by atoms with van der Waals surface area (Å²) in [5.74, 6) is 4.31. The fourth-order valence-electron chi connectivity index (χ4n) is 0.784. The minimum absolute atomic E-state index is 0.655. The number of ether oxygens (including phenoxy) is 1. The lowest BCUT2D eigenvalue weighted by Crippen LogP contribution is -2.07. The van der Waals surface area contributed by atoms with E-state index in [9.17, 15) is 9.59 Å². The Kier molecular flexibility index (Phi) is 3.70. The maximum atomic E-state index is 10.9. The van der Waals surface area contributed by atoms with Gasteiger partial charge in [0.2, 0.25) is 0 Å². The molecule has 72 valence electrons. The van der Waals surface area contributed by atoms with Gasteiger partial charge in [0.05, 0.1) is 0 Å². The summed E-state index contributed by atoms with van der Waals surface area (Å²) in [6.45, 7) is 0. The fraction of sp³-hybridized carbons (Fsp3) is 0. The third-order valence-electron chi connectivity index (χ3n) is 1.39. The first-order valence-corrected chi connectivity index (χ1v) is 4.02. The summed E-state index contributed by atoms with van der Waals surface area (Å²) in [7, 11) is 0. The lowest BCUT2D eigenvalue weighted by Gasteiger charge is -1.89. The van der Waals surface area contributed by atoms with Crippen molar-refractivity contribution in [1.29, 1.82) is 0 Å². The fourth-order valence-corrected chi connectivity index (χ4v) is 0.784. The van der Waals surface area contributed by atoms with Gasteiger partial charge in [-0.15, -0.1) is 6.42 Å². The van der Waals surface area contributed by atoms with Crippen LogP contribution in [-0.4, -0.2) is 11.9 Å². The van der Waals surface area contributed by atoms with Crippen LogP contribution in [0.2, 0.25) is 0 Å². The van der Waals surface area contributed by atoms with Gasteiger partial charge in [-0.3, -0.25) is 0 Å². The third kappa shape index (κ3) is 3.80. The van der Waals surface area contributed by atoms with E-state index < -0.39 is 11.9 Å². The molecule has 0 unspecified atom stereocenters. The Morgan fingerprint density at radius 1 is 1.13 bits per heavy atom. The number of rotatable bonds is 0. The van der Waals surface area contributed by atoms with Crippen molar-refractivity contribution in [2.24, 2.45) is 0 Å². The Morgan fingerprint density at radius 2 is 1.80 bits per heavy atom. The molecule has 15 heavy (non-hydrogen) atoms. The van der Waals surface area contributed by atoms with E-state index in [-0.39, 0.29) is 0 Å². The van der Waals surface area contributed by atoms with E-state index in [1.807, 2.05) is 6.07 Å². The molecule has 1 aromatic carbocycles. The van der Waals surface area contributed by atoms with Gasteiger partial charge in [-0.1, -0.05) is 24.1 Å². The summed E-state index contributed by atoms with van der Waals surface area (Å²) in [4.78, 5) is 21.4. The van der Waals surface area contributed by atoms with Gasteiger partial charge in [-0.05, 0) is 12.1 Å². The zero-order valence-electron chi connectivity index (χ0n) is 7.69. The Balaban J connectivity index is 2.64. The van der Waals surface area contributed by atoms with Crippen molar-refractivity contribution < 1.29 is 14.3 Å². The van der Waals surface area contributed by atoms with Crippen molar-refractivity contribution in [2.45, 2.75) is 0 Å². The van der Waals surface area contributed by atoms with Gasteiger partial charge < -0.3 is 4.74 Å². The minimum atomic E-state index is -1.04. The molecule has 0 fully saturated rings. The van der Waals surface area contributed by atoms with Crippen LogP contribution in [0, 0.1) is 24.2 Å². The second-order valence-electron chi connectivity index (χ2n) is 2.44. The van der Waals surface area contributed by atoms with Crippen LogP contribution in [0.1, 0.15) is 5.56 Å². The van der Waals surface area contributed by atoms with E-state index in [2.05, 4.69) is 16.6 Å². The van der Waals surface area contributed by atoms with Gasteiger partial charge in [0.1, 0.15) is 0 Å². The highest BCUT2D eigenvalue weighted by atomic mass is 16.6. The summed E-state index contributed by atoms with van der Waals surface area (Å²) >= 11 is 0. The molecule has 0 saturated heterocycles. The summed E-state index contributed by atoms with van der Waals surface area (Å²) < 4.78 is 4.13. The molecule has 1 rings (SSSR count). The number of carbonyl (C=O) groups is 2. The molecule has 0 aliphatic rings. The first-order valence-electron chi connectivity index (χ1n) is 4.02. The van der Waals surface area contributed by atoms with Crippen LogP contribution in [0.4, 0.5) is 0 Å². The Labute approximate surface area is 87.1 Å². The zero-order chi connectivity index (χ0) is 11.1. The maximum Gasteiger partial charge on any atom is 0.393 e. The number of carbonyl (C=O) groups excluding carboxylic acids is 2. The van der Waals surface area contributed by atoms with Gasteiger partial charge in [0, 0.05) is 17.4 Å². The molecule has 0 aromatic heterocycles. The standard InChI is InChI=1S/C12H6O3/c1-2-11(13)15-12(14)9-8-10-6-4-3-5-7-10/h1,3-7H. The van der Waals surface area contributed by atoms with Gasteiger partial charge >= 0.3 is 11.9 Å². The van der Waals surface area contributed by atoms with Gasteiger partial charge in [0.15, 0.2) is 0 Å². The number of hydrogen-bond donors (Lipinski definition) is 0. The first-order chi connectivity index (χ1) is 7.22. The summed E-state index contributed by atoms with van der Waals surface area (Å²) in [6.07, 6.45) is 4.70. The highest BCUT2D eigenvalue weighted by Gasteiger charge is 2.02. The number of hydrogen-bond acceptors (Lipinski definition) is 3. The molecule has 0 bridgehead atoms. The first kappa shape index (κ1) is 10.6. The van der Waals surface area contributed by atoms with Crippen LogP contribution in [-0.2, 0) is 14.3 Å². The predicted molar refractivity (Wildman–Crippen MR) is 53.3 cm³/mol. The minimum Gasteiger partial charge on any atom is -0.373 e. The molecule has 0 aliphatic heterocycles.